The van der Waals surface area contributed by atoms with Gasteiger partial charge in [0.05, 0.1) is 7.05 Å². The molecule has 0 bridgehead atoms. The van der Waals surface area contributed by atoms with Gasteiger partial charge in [-0.2, -0.15) is 0 Å². The second kappa shape index (κ2) is 4.28. The standard InChI is InChI=1S/C7H16N3Si/c1-9-6-8-10(7-9)4-3-5-11-2/h6-7H,3-5,11H2,1-2H3/q+1. The van der Waals surface area contributed by atoms with Crippen LogP contribution in [0.2, 0.25) is 12.6 Å². The molecule has 0 atom stereocenters. The number of aromatic nitrogens is 3. The lowest BCUT2D eigenvalue weighted by atomic mass is 10.5. The average molecular weight is 170 g/mol. The van der Waals surface area contributed by atoms with Gasteiger partial charge in [0.25, 0.3) is 6.33 Å². The number of hydrogen-bond donors (Lipinski definition) is 0. The molecule has 0 aliphatic heterocycles. The summed E-state index contributed by atoms with van der Waals surface area (Å²) in [5.41, 5.74) is 0. The van der Waals surface area contributed by atoms with Crippen LogP contribution in [0.3, 0.4) is 0 Å². The Morgan fingerprint density at radius 1 is 1.64 bits per heavy atom. The zero-order chi connectivity index (χ0) is 8.10. The molecule has 11 heavy (non-hydrogen) atoms. The number of hydrogen-bond acceptors (Lipinski definition) is 1. The number of nitrogens with zero attached hydrogens (tertiary/aromatic N) is 3. The van der Waals surface area contributed by atoms with Gasteiger partial charge in [-0.3, -0.25) is 0 Å². The molecule has 0 saturated heterocycles. The summed E-state index contributed by atoms with van der Waals surface area (Å²) in [6.45, 7) is 3.44. The van der Waals surface area contributed by atoms with Crippen molar-refractivity contribution < 1.29 is 4.57 Å². The number of aryl methyl sites for hydroxylation is 2. The zero-order valence-corrected chi connectivity index (χ0v) is 8.74. The van der Waals surface area contributed by atoms with E-state index in [1.54, 1.807) is 0 Å². The van der Waals surface area contributed by atoms with Crippen LogP contribution < -0.4 is 4.57 Å². The summed E-state index contributed by atoms with van der Waals surface area (Å²) in [7, 11) is 2.26. The van der Waals surface area contributed by atoms with Crippen LogP contribution in [-0.2, 0) is 13.6 Å². The normalized spacial score (nSPS) is 11.5. The minimum Gasteiger partial charge on any atom is -0.240 e. The molecule has 0 amide bonds. The fourth-order valence-corrected chi connectivity index (χ4v) is 1.78. The van der Waals surface area contributed by atoms with Crippen molar-refractivity contribution in [1.82, 2.24) is 9.78 Å². The summed E-state index contributed by atoms with van der Waals surface area (Å²) >= 11 is 0. The Balaban J connectivity index is 2.27. The summed E-state index contributed by atoms with van der Waals surface area (Å²) in [5.74, 6) is 0. The Bertz CT molecular complexity index is 209. The molecule has 0 spiro atoms. The molecule has 0 radical (unpaired) electrons. The summed E-state index contributed by atoms with van der Waals surface area (Å²) < 4.78 is 3.98. The molecule has 0 aliphatic rings. The van der Waals surface area contributed by atoms with Crippen LogP contribution in [0.5, 0.6) is 0 Å². The SMILES string of the molecule is C[SiH2]CCCn1c[n+](C)cn1. The first-order valence-electron chi connectivity index (χ1n) is 4.20. The molecule has 62 valence electrons. The van der Waals surface area contributed by atoms with Crippen LogP contribution in [0.4, 0.5) is 0 Å². The Labute approximate surface area is 69.9 Å². The smallest absolute Gasteiger partial charge is 0.240 e. The fraction of sp³-hybridized carbons (Fsp3) is 0.714. The van der Waals surface area contributed by atoms with Gasteiger partial charge in [-0.1, -0.05) is 12.6 Å². The van der Waals surface area contributed by atoms with Crippen LogP contribution in [0.15, 0.2) is 12.7 Å². The Morgan fingerprint density at radius 3 is 3.00 bits per heavy atom. The van der Waals surface area contributed by atoms with E-state index >= 15 is 0 Å². The van der Waals surface area contributed by atoms with E-state index in [0.29, 0.717) is 0 Å². The van der Waals surface area contributed by atoms with Crippen LogP contribution >= 0.6 is 0 Å². The third kappa shape index (κ3) is 2.84. The van der Waals surface area contributed by atoms with E-state index in [9.17, 15) is 0 Å². The maximum Gasteiger partial charge on any atom is 0.264 e. The van der Waals surface area contributed by atoms with Gasteiger partial charge in [-0.15, -0.1) is 4.68 Å². The summed E-state index contributed by atoms with van der Waals surface area (Å²) in [5, 5.41) is 4.18. The van der Waals surface area contributed by atoms with Crippen molar-refractivity contribution in [2.24, 2.45) is 7.05 Å². The first-order chi connectivity index (χ1) is 5.33. The van der Waals surface area contributed by atoms with Crippen LogP contribution in [0, 0.1) is 0 Å². The lowest BCUT2D eigenvalue weighted by Gasteiger charge is -1.90. The zero-order valence-electron chi connectivity index (χ0n) is 7.32. The van der Waals surface area contributed by atoms with E-state index in [0.717, 1.165) is 6.54 Å². The molecule has 0 N–H and O–H groups in total. The van der Waals surface area contributed by atoms with E-state index in [1.165, 1.54) is 12.5 Å². The quantitative estimate of drug-likeness (QED) is 0.346. The van der Waals surface area contributed by atoms with Gasteiger partial charge in [-0.25, -0.2) is 4.57 Å². The largest absolute Gasteiger partial charge is 0.264 e. The molecule has 0 aliphatic carbocycles. The van der Waals surface area contributed by atoms with Crippen molar-refractivity contribution in [3.63, 3.8) is 0 Å². The van der Waals surface area contributed by atoms with E-state index in [-0.39, 0.29) is 9.52 Å². The maximum absolute atomic E-state index is 4.18. The summed E-state index contributed by atoms with van der Waals surface area (Å²) in [4.78, 5) is 0. The predicted octanol–water partition coefficient (Wildman–Crippen LogP) is -0.267. The molecule has 1 aromatic heterocycles. The molecule has 0 fully saturated rings. The van der Waals surface area contributed by atoms with E-state index in [2.05, 4.69) is 11.6 Å². The Morgan fingerprint density at radius 2 is 2.45 bits per heavy atom. The highest BCUT2D eigenvalue weighted by Crippen LogP contribution is 1.91. The van der Waals surface area contributed by atoms with E-state index in [1.807, 2.05) is 29.0 Å². The van der Waals surface area contributed by atoms with Gasteiger partial charge in [0, 0.05) is 14.6 Å². The lowest BCUT2D eigenvalue weighted by molar-refractivity contribution is -0.672. The molecule has 1 rings (SSSR count). The van der Waals surface area contributed by atoms with Crippen LogP contribution in [-0.4, -0.2) is 19.3 Å². The van der Waals surface area contributed by atoms with Gasteiger partial charge >= 0.3 is 0 Å². The van der Waals surface area contributed by atoms with E-state index < -0.39 is 0 Å². The Kier molecular flexibility index (Phi) is 3.29. The lowest BCUT2D eigenvalue weighted by Crippen LogP contribution is -2.23. The highest BCUT2D eigenvalue weighted by Gasteiger charge is 1.99. The third-order valence-electron chi connectivity index (χ3n) is 1.69. The summed E-state index contributed by atoms with van der Waals surface area (Å²) in [6, 6.07) is 1.43. The van der Waals surface area contributed by atoms with E-state index in [4.69, 9.17) is 0 Å². The molecule has 4 heteroatoms. The molecular weight excluding hydrogens is 154 g/mol. The monoisotopic (exact) mass is 170 g/mol. The molecule has 1 heterocycles. The molecule has 1 aromatic rings. The van der Waals surface area contributed by atoms with Crippen molar-refractivity contribution in [2.45, 2.75) is 25.6 Å². The highest BCUT2D eigenvalue weighted by atomic mass is 28.2. The fourth-order valence-electron chi connectivity index (χ4n) is 1.06. The van der Waals surface area contributed by atoms with Gasteiger partial charge in [0.2, 0.25) is 6.33 Å². The van der Waals surface area contributed by atoms with Crippen molar-refractivity contribution >= 4 is 9.52 Å². The van der Waals surface area contributed by atoms with Gasteiger partial charge in [0.15, 0.2) is 0 Å². The first kappa shape index (κ1) is 8.45. The van der Waals surface area contributed by atoms with Crippen LogP contribution in [0.1, 0.15) is 6.42 Å². The highest BCUT2D eigenvalue weighted by molar-refractivity contribution is 6.33. The molecule has 0 aromatic carbocycles. The number of rotatable bonds is 4. The van der Waals surface area contributed by atoms with Gasteiger partial charge in [-0.05, 0) is 6.42 Å². The average Bonchev–Trinajstić information content (AvgIpc) is 2.37. The molecular formula is C7H16N3Si+. The second-order valence-corrected chi connectivity index (χ2v) is 4.59. The minimum absolute atomic E-state index is 0.257. The van der Waals surface area contributed by atoms with Crippen LogP contribution in [0.25, 0.3) is 0 Å². The maximum atomic E-state index is 4.18. The van der Waals surface area contributed by atoms with Crippen molar-refractivity contribution in [1.29, 1.82) is 0 Å². The predicted molar refractivity (Wildman–Crippen MR) is 47.2 cm³/mol. The van der Waals surface area contributed by atoms with Crippen molar-refractivity contribution in [3.8, 4) is 0 Å². The first-order valence-corrected chi connectivity index (χ1v) is 6.62. The molecule has 0 saturated carbocycles. The minimum atomic E-state index is 0.257. The topological polar surface area (TPSA) is 21.7 Å². The summed E-state index contributed by atoms with van der Waals surface area (Å²) in [6.07, 6.45) is 5.16. The molecule has 0 unspecified atom stereocenters. The van der Waals surface area contributed by atoms with Crippen molar-refractivity contribution in [3.05, 3.63) is 12.7 Å². The third-order valence-corrected chi connectivity index (χ3v) is 2.90. The second-order valence-electron chi connectivity index (χ2n) is 2.88. The Hall–Kier alpha value is -0.643. The van der Waals surface area contributed by atoms with Gasteiger partial charge < -0.3 is 0 Å². The van der Waals surface area contributed by atoms with Gasteiger partial charge in [0.1, 0.15) is 6.54 Å². The van der Waals surface area contributed by atoms with Crippen molar-refractivity contribution in [2.75, 3.05) is 0 Å². The molecule has 3 nitrogen and oxygen atoms in total.